The van der Waals surface area contributed by atoms with Crippen molar-refractivity contribution in [1.29, 1.82) is 0 Å². The quantitative estimate of drug-likeness (QED) is 0.0939. The number of nitrogens with zero attached hydrogens (tertiary/aromatic N) is 7. The first-order valence-electron chi connectivity index (χ1n) is 9.19. The van der Waals surface area contributed by atoms with Crippen molar-refractivity contribution in [3.63, 3.8) is 0 Å². The Morgan fingerprint density at radius 1 is 1.40 bits per heavy atom. The molecule has 13 nitrogen and oxygen atoms in total. The molecule has 0 aliphatic rings. The fourth-order valence-corrected chi connectivity index (χ4v) is 2.32. The van der Waals surface area contributed by atoms with E-state index in [0.29, 0.717) is 48.0 Å². The van der Waals surface area contributed by atoms with E-state index in [-0.39, 0.29) is 5.56 Å². The number of aryl methyl sites for hydroxylation is 1. The van der Waals surface area contributed by atoms with E-state index in [1.165, 1.54) is 35.3 Å². The first-order chi connectivity index (χ1) is 14.5. The van der Waals surface area contributed by atoms with Gasteiger partial charge in [-0.25, -0.2) is 15.6 Å². The number of hydrazine groups is 1. The van der Waals surface area contributed by atoms with Crippen LogP contribution in [0.15, 0.2) is 32.4 Å². The molecule has 30 heavy (non-hydrogen) atoms. The molecule has 0 aliphatic carbocycles. The highest BCUT2D eigenvalue weighted by Crippen LogP contribution is 2.19. The molecule has 0 radical (unpaired) electrons. The lowest BCUT2D eigenvalue weighted by Crippen LogP contribution is -2.26. The van der Waals surface area contributed by atoms with E-state index < -0.39 is 0 Å². The van der Waals surface area contributed by atoms with Crippen LogP contribution in [-0.2, 0) is 11.3 Å². The summed E-state index contributed by atoms with van der Waals surface area (Å²) in [5.74, 6) is 5.25. The van der Waals surface area contributed by atoms with Crippen molar-refractivity contribution in [2.75, 3.05) is 32.7 Å². The van der Waals surface area contributed by atoms with Gasteiger partial charge in [-0.3, -0.25) is 15.0 Å². The summed E-state index contributed by atoms with van der Waals surface area (Å²) in [7, 11) is 3.08. The van der Waals surface area contributed by atoms with Crippen LogP contribution in [0.1, 0.15) is 30.1 Å². The van der Waals surface area contributed by atoms with E-state index in [4.69, 9.17) is 16.3 Å². The van der Waals surface area contributed by atoms with Gasteiger partial charge in [0.2, 0.25) is 0 Å². The Labute approximate surface area is 173 Å². The van der Waals surface area contributed by atoms with Crippen molar-refractivity contribution in [1.82, 2.24) is 20.1 Å². The number of anilines is 1. The van der Waals surface area contributed by atoms with Crippen LogP contribution in [0.25, 0.3) is 10.9 Å². The molecular formula is C17H28N10O3. The minimum Gasteiger partial charge on any atom is -0.388 e. The van der Waals surface area contributed by atoms with Crippen molar-refractivity contribution in [3.05, 3.63) is 28.0 Å². The van der Waals surface area contributed by atoms with E-state index in [1.807, 2.05) is 6.92 Å². The number of ether oxygens (including phenoxy) is 1. The van der Waals surface area contributed by atoms with Crippen molar-refractivity contribution < 1.29 is 9.53 Å². The number of nitrogens with one attached hydrogen (secondary N) is 1. The smallest absolute Gasteiger partial charge is 0.277 e. The molecule has 0 bridgehead atoms. The van der Waals surface area contributed by atoms with Gasteiger partial charge in [0.15, 0.2) is 6.29 Å². The minimum absolute atomic E-state index is 0.282. The predicted octanol–water partition coefficient (Wildman–Crippen LogP) is 0.524. The van der Waals surface area contributed by atoms with Gasteiger partial charge < -0.3 is 10.5 Å². The molecule has 0 aliphatic heterocycles. The van der Waals surface area contributed by atoms with Crippen molar-refractivity contribution in [2.24, 2.45) is 27.0 Å². The van der Waals surface area contributed by atoms with Gasteiger partial charge >= 0.3 is 0 Å². The molecule has 1 aromatic carbocycles. The maximum Gasteiger partial charge on any atom is 0.277 e. The molecule has 1 aromatic heterocycles. The summed E-state index contributed by atoms with van der Waals surface area (Å²) in [6, 6.07) is 3.02. The van der Waals surface area contributed by atoms with Gasteiger partial charge in [-0.05, 0) is 25.0 Å². The molecule has 2 rings (SSSR count). The predicted molar refractivity (Wildman–Crippen MR) is 114 cm³/mol. The second kappa shape index (κ2) is 13.7. The topological polar surface area (TPSA) is 178 Å². The molecule has 2 aromatic rings. The Hall–Kier alpha value is -3.45. The SMILES string of the molecule is CCCN(N)/N=C\N.CN=NNc1cc2c(=O)n(CCCOC)nnc2cc1C=O. The van der Waals surface area contributed by atoms with E-state index in [0.717, 1.165) is 13.0 Å². The lowest BCUT2D eigenvalue weighted by atomic mass is 10.1. The fraction of sp³-hybridized carbons (Fsp3) is 0.471. The number of carbonyl (C=O) groups is 1. The molecule has 13 heteroatoms. The second-order valence-electron chi connectivity index (χ2n) is 5.88. The number of hydrogen-bond acceptors (Lipinski definition) is 10. The zero-order valence-electron chi connectivity index (χ0n) is 17.4. The summed E-state index contributed by atoms with van der Waals surface area (Å²) in [5.41, 5.74) is 8.35. The first-order valence-corrected chi connectivity index (χ1v) is 9.19. The summed E-state index contributed by atoms with van der Waals surface area (Å²) >= 11 is 0. The minimum atomic E-state index is -0.282. The molecule has 0 amide bonds. The Kier molecular flexibility index (Phi) is 11.2. The van der Waals surface area contributed by atoms with E-state index >= 15 is 0 Å². The van der Waals surface area contributed by atoms with Crippen LogP contribution in [0.5, 0.6) is 0 Å². The molecule has 1 heterocycles. The van der Waals surface area contributed by atoms with Crippen molar-refractivity contribution in [3.8, 4) is 0 Å². The number of hydrogen-bond donors (Lipinski definition) is 3. The molecule has 5 N–H and O–H groups in total. The Balaban J connectivity index is 0.000000479. The summed E-state index contributed by atoms with van der Waals surface area (Å²) in [6.07, 6.45) is 3.46. The van der Waals surface area contributed by atoms with Gasteiger partial charge in [-0.1, -0.05) is 17.4 Å². The lowest BCUT2D eigenvalue weighted by Gasteiger charge is -2.07. The first kappa shape index (κ1) is 24.6. The molecular weight excluding hydrogens is 392 g/mol. The number of fused-ring (bicyclic) bond motifs is 1. The highest BCUT2D eigenvalue weighted by molar-refractivity contribution is 5.93. The van der Waals surface area contributed by atoms with Crippen molar-refractivity contribution >= 4 is 29.2 Å². The lowest BCUT2D eigenvalue weighted by molar-refractivity contribution is 0.112. The zero-order valence-corrected chi connectivity index (χ0v) is 17.4. The van der Waals surface area contributed by atoms with E-state index in [9.17, 15) is 9.59 Å². The van der Waals surface area contributed by atoms with Crippen LogP contribution < -0.4 is 22.6 Å². The van der Waals surface area contributed by atoms with Gasteiger partial charge in [0.25, 0.3) is 5.56 Å². The van der Waals surface area contributed by atoms with Crippen LogP contribution >= 0.6 is 0 Å². The van der Waals surface area contributed by atoms with Crippen LogP contribution in [0, 0.1) is 0 Å². The van der Waals surface area contributed by atoms with Gasteiger partial charge in [-0.2, -0.15) is 10.2 Å². The van der Waals surface area contributed by atoms with Crippen LogP contribution in [0.4, 0.5) is 5.69 Å². The second-order valence-corrected chi connectivity index (χ2v) is 5.88. The van der Waals surface area contributed by atoms with Gasteiger partial charge in [0, 0.05) is 25.8 Å². The maximum absolute atomic E-state index is 12.4. The Morgan fingerprint density at radius 2 is 2.17 bits per heavy atom. The Morgan fingerprint density at radius 3 is 2.77 bits per heavy atom. The highest BCUT2D eigenvalue weighted by atomic mass is 16.5. The third-order valence-electron chi connectivity index (χ3n) is 3.68. The summed E-state index contributed by atoms with van der Waals surface area (Å²) < 4.78 is 6.22. The fourth-order valence-electron chi connectivity index (χ4n) is 2.32. The molecule has 0 saturated heterocycles. The number of benzene rings is 1. The average molecular weight is 420 g/mol. The number of rotatable bonds is 10. The number of carbonyl (C=O) groups excluding carboxylic acids is 1. The monoisotopic (exact) mass is 420 g/mol. The van der Waals surface area contributed by atoms with Gasteiger partial charge in [0.05, 0.1) is 24.7 Å². The summed E-state index contributed by atoms with van der Waals surface area (Å²) in [6.45, 7) is 3.70. The molecule has 0 saturated carbocycles. The van der Waals surface area contributed by atoms with Crippen LogP contribution in [0.2, 0.25) is 0 Å². The third kappa shape index (κ3) is 7.52. The highest BCUT2D eigenvalue weighted by Gasteiger charge is 2.10. The number of hydrazone groups is 1. The van der Waals surface area contributed by atoms with E-state index in [2.05, 4.69) is 31.2 Å². The summed E-state index contributed by atoms with van der Waals surface area (Å²) in [5, 5.41) is 20.3. The largest absolute Gasteiger partial charge is 0.388 e. The van der Waals surface area contributed by atoms with E-state index in [1.54, 1.807) is 7.11 Å². The number of aldehydes is 1. The van der Waals surface area contributed by atoms with Gasteiger partial charge in [-0.15, -0.1) is 5.10 Å². The third-order valence-corrected chi connectivity index (χ3v) is 3.68. The average Bonchev–Trinajstić information content (AvgIpc) is 2.74. The van der Waals surface area contributed by atoms with Crippen LogP contribution in [0.3, 0.4) is 0 Å². The van der Waals surface area contributed by atoms with Gasteiger partial charge in [0.1, 0.15) is 11.9 Å². The maximum atomic E-state index is 12.4. The standard InChI is InChI=1S/C13H16N6O3.C4H12N4/c1-14-17-15-11-7-10-12(6-9(11)8-20)16-18-19(13(10)21)4-3-5-22-2;1-2-3-8(6)7-4-5/h6-8H,3-5H2,1-2H3,(H,14,15);4H,2-3,6H2,1H3,(H2,5,7). The molecule has 0 atom stereocenters. The molecule has 0 fully saturated rings. The van der Waals surface area contributed by atoms with Crippen molar-refractivity contribution in [2.45, 2.75) is 26.3 Å². The molecule has 0 spiro atoms. The molecule has 164 valence electrons. The Bertz CT molecular complexity index is 913. The van der Waals surface area contributed by atoms with Crippen LogP contribution in [-0.4, -0.2) is 60.0 Å². The zero-order chi connectivity index (χ0) is 22.4. The normalized spacial score (nSPS) is 10.9. The summed E-state index contributed by atoms with van der Waals surface area (Å²) in [4.78, 5) is 23.5. The number of nitrogens with two attached hydrogens (primary N) is 2. The molecule has 0 unspecified atom stereocenters. The number of aromatic nitrogens is 3. The number of methoxy groups -OCH3 is 1.